The lowest BCUT2D eigenvalue weighted by Crippen LogP contribution is -2.42. The SMILES string of the molecule is CCC(CC)NC(=O)NCCc1ccc(F)cc1. The van der Waals surface area contributed by atoms with Gasteiger partial charge in [0.05, 0.1) is 0 Å². The summed E-state index contributed by atoms with van der Waals surface area (Å²) in [5.41, 5.74) is 1.01. The Morgan fingerprint density at radius 2 is 1.83 bits per heavy atom. The lowest BCUT2D eigenvalue weighted by molar-refractivity contribution is 0.236. The van der Waals surface area contributed by atoms with Crippen LogP contribution in [0.1, 0.15) is 32.3 Å². The fourth-order valence-electron chi connectivity index (χ4n) is 1.70. The molecule has 18 heavy (non-hydrogen) atoms. The van der Waals surface area contributed by atoms with E-state index >= 15 is 0 Å². The monoisotopic (exact) mass is 252 g/mol. The van der Waals surface area contributed by atoms with Gasteiger partial charge in [-0.1, -0.05) is 26.0 Å². The van der Waals surface area contributed by atoms with Gasteiger partial charge in [-0.2, -0.15) is 0 Å². The molecule has 1 aromatic rings. The molecule has 0 aromatic heterocycles. The zero-order valence-electron chi connectivity index (χ0n) is 11.0. The molecule has 0 saturated carbocycles. The highest BCUT2D eigenvalue weighted by molar-refractivity contribution is 5.74. The summed E-state index contributed by atoms with van der Waals surface area (Å²) in [6.07, 6.45) is 2.57. The molecule has 4 heteroatoms. The average Bonchev–Trinajstić information content (AvgIpc) is 2.38. The first-order chi connectivity index (χ1) is 8.65. The fourth-order valence-corrected chi connectivity index (χ4v) is 1.70. The predicted octanol–water partition coefficient (Wildman–Crippen LogP) is 2.86. The van der Waals surface area contributed by atoms with Gasteiger partial charge in [0.2, 0.25) is 0 Å². The summed E-state index contributed by atoms with van der Waals surface area (Å²) < 4.78 is 12.7. The number of nitrogens with one attached hydrogen (secondary N) is 2. The zero-order valence-corrected chi connectivity index (χ0v) is 11.0. The quantitative estimate of drug-likeness (QED) is 0.803. The Hall–Kier alpha value is -1.58. The van der Waals surface area contributed by atoms with Gasteiger partial charge in [0.1, 0.15) is 5.82 Å². The first-order valence-corrected chi connectivity index (χ1v) is 6.44. The first-order valence-electron chi connectivity index (χ1n) is 6.44. The normalized spacial score (nSPS) is 10.4. The molecule has 0 aliphatic carbocycles. The van der Waals surface area contributed by atoms with Crippen molar-refractivity contribution >= 4 is 6.03 Å². The summed E-state index contributed by atoms with van der Waals surface area (Å²) in [5, 5.41) is 5.70. The standard InChI is InChI=1S/C14H21FN2O/c1-3-13(4-2)17-14(18)16-10-9-11-5-7-12(15)8-6-11/h5-8,13H,3-4,9-10H2,1-2H3,(H2,16,17,18). The second-order valence-electron chi connectivity index (χ2n) is 4.29. The number of urea groups is 1. The molecule has 2 N–H and O–H groups in total. The molecule has 0 heterocycles. The molecule has 0 unspecified atom stereocenters. The molecule has 3 nitrogen and oxygen atoms in total. The molecular formula is C14H21FN2O. The summed E-state index contributed by atoms with van der Waals surface area (Å²) in [6, 6.07) is 6.42. The summed E-state index contributed by atoms with van der Waals surface area (Å²) in [5.74, 6) is -0.238. The molecule has 1 rings (SSSR count). The van der Waals surface area contributed by atoms with Gasteiger partial charge in [-0.3, -0.25) is 0 Å². The molecule has 100 valence electrons. The molecule has 1 aromatic carbocycles. The van der Waals surface area contributed by atoms with Crippen LogP contribution in [0.15, 0.2) is 24.3 Å². The molecule has 2 amide bonds. The average molecular weight is 252 g/mol. The van der Waals surface area contributed by atoms with Crippen molar-refractivity contribution in [2.24, 2.45) is 0 Å². The van der Waals surface area contributed by atoms with Gasteiger partial charge < -0.3 is 10.6 Å². The van der Waals surface area contributed by atoms with Crippen molar-refractivity contribution in [2.75, 3.05) is 6.54 Å². The number of rotatable bonds is 6. The Morgan fingerprint density at radius 3 is 2.39 bits per heavy atom. The van der Waals surface area contributed by atoms with Crippen LogP contribution in [0.5, 0.6) is 0 Å². The highest BCUT2D eigenvalue weighted by Crippen LogP contribution is 2.02. The van der Waals surface area contributed by atoms with E-state index in [1.165, 1.54) is 12.1 Å². The lowest BCUT2D eigenvalue weighted by atomic mass is 10.1. The van der Waals surface area contributed by atoms with Gasteiger partial charge in [-0.15, -0.1) is 0 Å². The highest BCUT2D eigenvalue weighted by Gasteiger charge is 2.06. The second-order valence-corrected chi connectivity index (χ2v) is 4.29. The van der Waals surface area contributed by atoms with Crippen molar-refractivity contribution in [2.45, 2.75) is 39.2 Å². The molecule has 0 aliphatic heterocycles. The van der Waals surface area contributed by atoms with Crippen molar-refractivity contribution in [3.8, 4) is 0 Å². The summed E-state index contributed by atoms with van der Waals surface area (Å²) in [4.78, 5) is 11.5. The van der Waals surface area contributed by atoms with Crippen LogP contribution in [0.25, 0.3) is 0 Å². The predicted molar refractivity (Wildman–Crippen MR) is 71.0 cm³/mol. The minimum Gasteiger partial charge on any atom is -0.338 e. The molecule has 0 fully saturated rings. The number of carbonyl (C=O) groups excluding carboxylic acids is 1. The Labute approximate surface area is 108 Å². The van der Waals surface area contributed by atoms with Crippen LogP contribution in [0.3, 0.4) is 0 Å². The van der Waals surface area contributed by atoms with Crippen LogP contribution in [0.4, 0.5) is 9.18 Å². The lowest BCUT2D eigenvalue weighted by Gasteiger charge is -2.15. The topological polar surface area (TPSA) is 41.1 Å². The van der Waals surface area contributed by atoms with Crippen LogP contribution < -0.4 is 10.6 Å². The van der Waals surface area contributed by atoms with Crippen LogP contribution in [0, 0.1) is 5.82 Å². The highest BCUT2D eigenvalue weighted by atomic mass is 19.1. The molecule has 0 aliphatic rings. The molecular weight excluding hydrogens is 231 g/mol. The van der Waals surface area contributed by atoms with Crippen molar-refractivity contribution in [1.82, 2.24) is 10.6 Å². The third-order valence-electron chi connectivity index (χ3n) is 2.93. The van der Waals surface area contributed by atoms with Gasteiger partial charge in [-0.05, 0) is 37.0 Å². The van der Waals surface area contributed by atoms with Crippen molar-refractivity contribution in [3.05, 3.63) is 35.6 Å². The van der Waals surface area contributed by atoms with E-state index in [9.17, 15) is 9.18 Å². The van der Waals surface area contributed by atoms with Gasteiger partial charge >= 0.3 is 6.03 Å². The maximum atomic E-state index is 12.7. The van der Waals surface area contributed by atoms with E-state index in [0.29, 0.717) is 13.0 Å². The second kappa shape index (κ2) is 7.69. The molecule has 0 spiro atoms. The van der Waals surface area contributed by atoms with Crippen molar-refractivity contribution in [1.29, 1.82) is 0 Å². The van der Waals surface area contributed by atoms with Gasteiger partial charge in [0, 0.05) is 12.6 Å². The number of amides is 2. The van der Waals surface area contributed by atoms with Crippen LogP contribution in [-0.2, 0) is 6.42 Å². The van der Waals surface area contributed by atoms with Crippen molar-refractivity contribution in [3.63, 3.8) is 0 Å². The van der Waals surface area contributed by atoms with Gasteiger partial charge in [0.15, 0.2) is 0 Å². The Balaban J connectivity index is 2.25. The summed E-state index contributed by atoms with van der Waals surface area (Å²) in [7, 11) is 0. The number of hydrogen-bond donors (Lipinski definition) is 2. The third-order valence-corrected chi connectivity index (χ3v) is 2.93. The minimum absolute atomic E-state index is 0.134. The summed E-state index contributed by atoms with van der Waals surface area (Å²) in [6.45, 7) is 4.65. The maximum absolute atomic E-state index is 12.7. The van der Waals surface area contributed by atoms with Gasteiger partial charge in [0.25, 0.3) is 0 Å². The first kappa shape index (κ1) is 14.5. The Morgan fingerprint density at radius 1 is 1.22 bits per heavy atom. The zero-order chi connectivity index (χ0) is 13.4. The molecule has 0 radical (unpaired) electrons. The van der Waals surface area contributed by atoms with E-state index in [1.807, 2.05) is 13.8 Å². The summed E-state index contributed by atoms with van der Waals surface area (Å²) >= 11 is 0. The molecule has 0 atom stereocenters. The Bertz CT molecular complexity index is 361. The third kappa shape index (κ3) is 5.17. The van der Waals surface area contributed by atoms with Crippen LogP contribution in [0.2, 0.25) is 0 Å². The maximum Gasteiger partial charge on any atom is 0.315 e. The van der Waals surface area contributed by atoms with E-state index in [4.69, 9.17) is 0 Å². The molecule has 0 bridgehead atoms. The van der Waals surface area contributed by atoms with Crippen LogP contribution in [-0.4, -0.2) is 18.6 Å². The smallest absolute Gasteiger partial charge is 0.315 e. The van der Waals surface area contributed by atoms with Gasteiger partial charge in [-0.25, -0.2) is 9.18 Å². The largest absolute Gasteiger partial charge is 0.338 e. The van der Waals surface area contributed by atoms with Crippen LogP contribution >= 0.6 is 0 Å². The Kier molecular flexibility index (Phi) is 6.19. The van der Waals surface area contributed by atoms with E-state index in [-0.39, 0.29) is 17.9 Å². The number of benzene rings is 1. The van der Waals surface area contributed by atoms with E-state index in [0.717, 1.165) is 18.4 Å². The van der Waals surface area contributed by atoms with Crippen molar-refractivity contribution < 1.29 is 9.18 Å². The number of halogens is 1. The van der Waals surface area contributed by atoms with E-state index in [2.05, 4.69) is 10.6 Å². The minimum atomic E-state index is -0.238. The molecule has 0 saturated heterocycles. The number of hydrogen-bond acceptors (Lipinski definition) is 1. The fraction of sp³-hybridized carbons (Fsp3) is 0.500. The van der Waals surface area contributed by atoms with E-state index < -0.39 is 0 Å². The number of carbonyl (C=O) groups is 1. The van der Waals surface area contributed by atoms with E-state index in [1.54, 1.807) is 12.1 Å².